The number of nitrogens with zero attached hydrogens (tertiary/aromatic N) is 3. The summed E-state index contributed by atoms with van der Waals surface area (Å²) < 4.78 is 1.81. The molecule has 0 aromatic carbocycles. The van der Waals surface area contributed by atoms with Crippen molar-refractivity contribution in [3.8, 4) is 0 Å². The van der Waals surface area contributed by atoms with E-state index in [0.717, 1.165) is 19.3 Å². The van der Waals surface area contributed by atoms with Gasteiger partial charge in [-0.25, -0.2) is 4.98 Å². The number of aliphatic hydroxyl groups is 1. The van der Waals surface area contributed by atoms with Gasteiger partial charge in [-0.3, -0.25) is 0 Å². The zero-order chi connectivity index (χ0) is 12.3. The summed E-state index contributed by atoms with van der Waals surface area (Å²) in [5.74, 6) is 0. The van der Waals surface area contributed by atoms with E-state index in [9.17, 15) is 5.11 Å². The average Bonchev–Trinajstić information content (AvgIpc) is 2.77. The lowest BCUT2D eigenvalue weighted by Crippen LogP contribution is -1.92. The summed E-state index contributed by atoms with van der Waals surface area (Å²) in [7, 11) is 0. The van der Waals surface area contributed by atoms with Gasteiger partial charge in [-0.1, -0.05) is 23.1 Å². The Morgan fingerprint density at radius 3 is 2.76 bits per heavy atom. The van der Waals surface area contributed by atoms with Gasteiger partial charge in [0.2, 0.25) is 0 Å². The molecule has 0 aliphatic carbocycles. The summed E-state index contributed by atoms with van der Waals surface area (Å²) in [4.78, 5) is 4.24. The van der Waals surface area contributed by atoms with Gasteiger partial charge in [0.25, 0.3) is 0 Å². The van der Waals surface area contributed by atoms with Crippen molar-refractivity contribution in [2.45, 2.75) is 26.7 Å². The first kappa shape index (κ1) is 12.8. The van der Waals surface area contributed by atoms with Crippen molar-refractivity contribution in [1.29, 1.82) is 0 Å². The second-order valence-corrected chi connectivity index (χ2v) is 6.54. The molecule has 2 heterocycles. The minimum atomic E-state index is -0.478. The SMILES string of the molecule is CSc1nnc(Sc2cc([C@H](C)O)ccn2)s1. The summed E-state index contributed by atoms with van der Waals surface area (Å²) in [5, 5.41) is 18.4. The summed E-state index contributed by atoms with van der Waals surface area (Å²) in [6.45, 7) is 1.74. The van der Waals surface area contributed by atoms with Crippen LogP contribution in [-0.2, 0) is 0 Å². The van der Waals surface area contributed by atoms with E-state index in [-0.39, 0.29) is 0 Å². The van der Waals surface area contributed by atoms with Gasteiger partial charge in [0.1, 0.15) is 5.03 Å². The highest BCUT2D eigenvalue weighted by molar-refractivity contribution is 8.02. The molecule has 0 fully saturated rings. The Balaban J connectivity index is 2.15. The zero-order valence-electron chi connectivity index (χ0n) is 9.32. The molecule has 17 heavy (non-hydrogen) atoms. The monoisotopic (exact) mass is 285 g/mol. The van der Waals surface area contributed by atoms with Crippen LogP contribution in [0.2, 0.25) is 0 Å². The fourth-order valence-corrected chi connectivity index (χ4v) is 3.54. The highest BCUT2D eigenvalue weighted by atomic mass is 32.2. The molecule has 4 nitrogen and oxygen atoms in total. The van der Waals surface area contributed by atoms with E-state index in [1.165, 1.54) is 11.8 Å². The summed E-state index contributed by atoms with van der Waals surface area (Å²) in [6.07, 6.45) is 3.19. The third kappa shape index (κ3) is 3.41. The third-order valence-electron chi connectivity index (χ3n) is 2.00. The molecular formula is C10H11N3OS3. The van der Waals surface area contributed by atoms with Crippen LogP contribution in [0.1, 0.15) is 18.6 Å². The number of thioether (sulfide) groups is 1. The second kappa shape index (κ2) is 5.81. The van der Waals surface area contributed by atoms with Crippen LogP contribution in [0.25, 0.3) is 0 Å². The van der Waals surface area contributed by atoms with Gasteiger partial charge in [0.05, 0.1) is 6.10 Å². The molecule has 7 heteroatoms. The van der Waals surface area contributed by atoms with Crippen LogP contribution < -0.4 is 0 Å². The summed E-state index contributed by atoms with van der Waals surface area (Å²) in [5.41, 5.74) is 0.858. The average molecular weight is 285 g/mol. The lowest BCUT2D eigenvalue weighted by atomic mass is 10.2. The van der Waals surface area contributed by atoms with Crippen molar-refractivity contribution >= 4 is 34.9 Å². The Kier molecular flexibility index (Phi) is 4.38. The van der Waals surface area contributed by atoms with Gasteiger partial charge in [-0.05, 0) is 42.6 Å². The van der Waals surface area contributed by atoms with E-state index >= 15 is 0 Å². The molecular weight excluding hydrogens is 274 g/mol. The Hall–Kier alpha value is -0.630. The summed E-state index contributed by atoms with van der Waals surface area (Å²) >= 11 is 4.59. The quantitative estimate of drug-likeness (QED) is 0.872. The molecule has 0 bridgehead atoms. The van der Waals surface area contributed by atoms with Gasteiger partial charge in [0, 0.05) is 6.20 Å². The molecule has 1 atom stereocenters. The van der Waals surface area contributed by atoms with E-state index in [4.69, 9.17) is 0 Å². The number of rotatable bonds is 4. The first-order chi connectivity index (χ1) is 8.19. The van der Waals surface area contributed by atoms with Crippen molar-refractivity contribution in [2.24, 2.45) is 0 Å². The lowest BCUT2D eigenvalue weighted by Gasteiger charge is -2.04. The van der Waals surface area contributed by atoms with E-state index in [1.54, 1.807) is 36.2 Å². The number of aliphatic hydroxyl groups excluding tert-OH is 1. The van der Waals surface area contributed by atoms with Crippen LogP contribution in [0.3, 0.4) is 0 Å². The maximum atomic E-state index is 9.49. The van der Waals surface area contributed by atoms with E-state index in [1.807, 2.05) is 18.4 Å². The minimum Gasteiger partial charge on any atom is -0.389 e. The molecule has 2 aromatic heterocycles. The third-order valence-corrected chi connectivity index (χ3v) is 4.88. The van der Waals surface area contributed by atoms with Crippen molar-refractivity contribution in [1.82, 2.24) is 15.2 Å². The van der Waals surface area contributed by atoms with Gasteiger partial charge in [0.15, 0.2) is 8.68 Å². The first-order valence-electron chi connectivity index (χ1n) is 4.88. The van der Waals surface area contributed by atoms with Gasteiger partial charge >= 0.3 is 0 Å². The largest absolute Gasteiger partial charge is 0.389 e. The molecule has 2 rings (SSSR count). The van der Waals surface area contributed by atoms with Gasteiger partial charge in [-0.15, -0.1) is 10.2 Å². The first-order valence-corrected chi connectivity index (χ1v) is 7.74. The van der Waals surface area contributed by atoms with E-state index in [0.29, 0.717) is 0 Å². The smallest absolute Gasteiger partial charge is 0.181 e. The molecule has 2 aromatic rings. The lowest BCUT2D eigenvalue weighted by molar-refractivity contribution is 0.199. The van der Waals surface area contributed by atoms with Crippen LogP contribution in [-0.4, -0.2) is 26.5 Å². The van der Waals surface area contributed by atoms with Crippen LogP contribution in [0, 0.1) is 0 Å². The van der Waals surface area contributed by atoms with Crippen molar-refractivity contribution < 1.29 is 5.11 Å². The molecule has 0 aliphatic heterocycles. The molecule has 90 valence electrons. The molecule has 1 N–H and O–H groups in total. The van der Waals surface area contributed by atoms with Crippen LogP contribution in [0.5, 0.6) is 0 Å². The van der Waals surface area contributed by atoms with Gasteiger partial charge in [-0.2, -0.15) is 0 Å². The number of hydrogen-bond acceptors (Lipinski definition) is 7. The maximum absolute atomic E-state index is 9.49. The van der Waals surface area contributed by atoms with Crippen LogP contribution >= 0.6 is 34.9 Å². The Labute approximate surface area is 112 Å². The normalized spacial score (nSPS) is 12.6. The van der Waals surface area contributed by atoms with Crippen LogP contribution in [0.4, 0.5) is 0 Å². The van der Waals surface area contributed by atoms with Crippen LogP contribution in [0.15, 0.2) is 32.0 Å². The summed E-state index contributed by atoms with van der Waals surface area (Å²) in [6, 6.07) is 3.68. The number of aromatic nitrogens is 3. The Morgan fingerprint density at radius 2 is 2.12 bits per heavy atom. The highest BCUT2D eigenvalue weighted by Crippen LogP contribution is 2.32. The van der Waals surface area contributed by atoms with Crippen molar-refractivity contribution in [2.75, 3.05) is 6.26 Å². The molecule has 0 unspecified atom stereocenters. The Morgan fingerprint density at radius 1 is 1.35 bits per heavy atom. The topological polar surface area (TPSA) is 58.9 Å². The molecule has 0 aliphatic rings. The molecule has 0 saturated heterocycles. The fraction of sp³-hybridized carbons (Fsp3) is 0.300. The standard InChI is InChI=1S/C10H11N3OS3/c1-6(14)7-3-4-11-8(5-7)16-10-13-12-9(15-2)17-10/h3-6,14H,1-2H3/t6-/m0/s1. The van der Waals surface area contributed by atoms with Crippen molar-refractivity contribution in [3.05, 3.63) is 23.9 Å². The zero-order valence-corrected chi connectivity index (χ0v) is 11.8. The highest BCUT2D eigenvalue weighted by Gasteiger charge is 2.08. The molecule has 0 spiro atoms. The molecule has 0 saturated carbocycles. The van der Waals surface area contributed by atoms with Crippen molar-refractivity contribution in [3.63, 3.8) is 0 Å². The predicted molar refractivity (Wildman–Crippen MR) is 70.7 cm³/mol. The number of pyridine rings is 1. The maximum Gasteiger partial charge on any atom is 0.181 e. The fourth-order valence-electron chi connectivity index (χ4n) is 1.15. The Bertz CT molecular complexity index is 501. The molecule has 0 radical (unpaired) electrons. The number of hydrogen-bond donors (Lipinski definition) is 1. The van der Waals surface area contributed by atoms with E-state index in [2.05, 4.69) is 15.2 Å². The minimum absolute atomic E-state index is 0.478. The van der Waals surface area contributed by atoms with E-state index < -0.39 is 6.10 Å². The second-order valence-electron chi connectivity index (χ2n) is 3.24. The van der Waals surface area contributed by atoms with Gasteiger partial charge < -0.3 is 5.11 Å². The predicted octanol–water partition coefficient (Wildman–Crippen LogP) is 2.86. The molecule has 0 amide bonds.